The van der Waals surface area contributed by atoms with Gasteiger partial charge in [-0.1, -0.05) is 0 Å². The molecule has 0 radical (unpaired) electrons. The standard InChI is InChI=1S/C11H14F2N6/c1-7(6-19-4-2-3-15-19)16-10-8(12)5-9(13)11(17-10)18-14/h2-5,7H,6,14H2,1H3,(H2,16,17,18). The number of hydrogen-bond donors (Lipinski definition) is 3. The van der Waals surface area contributed by atoms with Gasteiger partial charge in [-0.2, -0.15) is 5.10 Å². The summed E-state index contributed by atoms with van der Waals surface area (Å²) in [5.74, 6) is 3.20. The van der Waals surface area contributed by atoms with E-state index in [2.05, 4.69) is 20.8 Å². The van der Waals surface area contributed by atoms with E-state index in [4.69, 9.17) is 5.84 Å². The molecular formula is C11H14F2N6. The number of aromatic nitrogens is 3. The maximum absolute atomic E-state index is 13.5. The van der Waals surface area contributed by atoms with Crippen LogP contribution in [0.2, 0.25) is 0 Å². The summed E-state index contributed by atoms with van der Waals surface area (Å²) < 4.78 is 28.4. The number of anilines is 2. The number of pyridine rings is 1. The van der Waals surface area contributed by atoms with Crippen LogP contribution < -0.4 is 16.6 Å². The first-order valence-electron chi connectivity index (χ1n) is 5.66. The van der Waals surface area contributed by atoms with Gasteiger partial charge in [0.05, 0.1) is 6.54 Å². The predicted octanol–water partition coefficient (Wildman–Crippen LogP) is 1.34. The number of nitrogens with zero attached hydrogens (tertiary/aromatic N) is 3. The first-order valence-corrected chi connectivity index (χ1v) is 5.66. The molecule has 0 spiro atoms. The van der Waals surface area contributed by atoms with Gasteiger partial charge < -0.3 is 10.7 Å². The van der Waals surface area contributed by atoms with Crippen molar-refractivity contribution in [3.8, 4) is 0 Å². The Labute approximate surface area is 108 Å². The van der Waals surface area contributed by atoms with Gasteiger partial charge in [-0.3, -0.25) is 4.68 Å². The van der Waals surface area contributed by atoms with Gasteiger partial charge in [0.1, 0.15) is 0 Å². The summed E-state index contributed by atoms with van der Waals surface area (Å²) in [4.78, 5) is 3.73. The molecule has 6 nitrogen and oxygen atoms in total. The van der Waals surface area contributed by atoms with Crippen molar-refractivity contribution in [2.75, 3.05) is 10.7 Å². The van der Waals surface area contributed by atoms with Crippen LogP contribution in [0.3, 0.4) is 0 Å². The number of rotatable bonds is 5. The summed E-state index contributed by atoms with van der Waals surface area (Å²) in [6, 6.07) is 2.38. The van der Waals surface area contributed by atoms with Crippen LogP contribution in [-0.2, 0) is 6.54 Å². The lowest BCUT2D eigenvalue weighted by molar-refractivity contribution is 0.546. The van der Waals surface area contributed by atoms with Crippen molar-refractivity contribution in [2.24, 2.45) is 5.84 Å². The predicted molar refractivity (Wildman–Crippen MR) is 67.3 cm³/mol. The van der Waals surface area contributed by atoms with Gasteiger partial charge in [0, 0.05) is 24.5 Å². The van der Waals surface area contributed by atoms with Crippen molar-refractivity contribution in [3.63, 3.8) is 0 Å². The number of hydrazine groups is 1. The number of nitrogens with one attached hydrogen (secondary N) is 2. The fraction of sp³-hybridized carbons (Fsp3) is 0.273. The molecule has 102 valence electrons. The zero-order chi connectivity index (χ0) is 13.8. The monoisotopic (exact) mass is 268 g/mol. The van der Waals surface area contributed by atoms with E-state index in [0.717, 1.165) is 6.07 Å². The Morgan fingerprint density at radius 1 is 1.37 bits per heavy atom. The second-order valence-electron chi connectivity index (χ2n) is 4.07. The molecule has 0 saturated heterocycles. The first kappa shape index (κ1) is 13.2. The van der Waals surface area contributed by atoms with Crippen LogP contribution in [0.25, 0.3) is 0 Å². The average Bonchev–Trinajstić information content (AvgIpc) is 2.85. The smallest absolute Gasteiger partial charge is 0.178 e. The van der Waals surface area contributed by atoms with E-state index in [1.165, 1.54) is 0 Å². The van der Waals surface area contributed by atoms with Crippen molar-refractivity contribution in [3.05, 3.63) is 36.2 Å². The lowest BCUT2D eigenvalue weighted by atomic mass is 10.3. The maximum Gasteiger partial charge on any atom is 0.178 e. The van der Waals surface area contributed by atoms with Crippen LogP contribution in [0.15, 0.2) is 24.5 Å². The Kier molecular flexibility index (Phi) is 3.91. The summed E-state index contributed by atoms with van der Waals surface area (Å²) in [6.45, 7) is 2.36. The van der Waals surface area contributed by atoms with Crippen LogP contribution in [0.4, 0.5) is 20.4 Å². The fourth-order valence-electron chi connectivity index (χ4n) is 1.64. The topological polar surface area (TPSA) is 80.8 Å². The first-order chi connectivity index (χ1) is 9.10. The van der Waals surface area contributed by atoms with Gasteiger partial charge in [-0.15, -0.1) is 0 Å². The minimum absolute atomic E-state index is 0.0611. The number of halogens is 2. The van der Waals surface area contributed by atoms with Crippen LogP contribution >= 0.6 is 0 Å². The molecule has 2 aromatic rings. The van der Waals surface area contributed by atoms with Crippen molar-refractivity contribution >= 4 is 11.6 Å². The third-order valence-electron chi connectivity index (χ3n) is 2.47. The summed E-state index contributed by atoms with van der Waals surface area (Å²) in [5.41, 5.74) is 2.07. The maximum atomic E-state index is 13.5. The second kappa shape index (κ2) is 5.61. The zero-order valence-electron chi connectivity index (χ0n) is 10.3. The average molecular weight is 268 g/mol. The lowest BCUT2D eigenvalue weighted by Crippen LogP contribution is -2.24. The Hall–Kier alpha value is -2.22. The van der Waals surface area contributed by atoms with Gasteiger partial charge in [0.25, 0.3) is 0 Å². The second-order valence-corrected chi connectivity index (χ2v) is 4.07. The number of hydrogen-bond acceptors (Lipinski definition) is 5. The molecule has 0 aliphatic rings. The molecule has 2 aromatic heterocycles. The molecule has 19 heavy (non-hydrogen) atoms. The van der Waals surface area contributed by atoms with Gasteiger partial charge in [0.2, 0.25) is 0 Å². The van der Waals surface area contributed by atoms with E-state index < -0.39 is 11.6 Å². The molecule has 0 aromatic carbocycles. The number of nitrogens with two attached hydrogens (primary N) is 1. The van der Waals surface area contributed by atoms with E-state index in [-0.39, 0.29) is 17.7 Å². The third kappa shape index (κ3) is 3.16. The molecule has 2 rings (SSSR count). The number of nitrogen functional groups attached to an aromatic ring is 1. The SMILES string of the molecule is CC(Cn1cccn1)Nc1nc(NN)c(F)cc1F. The molecule has 2 heterocycles. The minimum Gasteiger partial charge on any atom is -0.363 e. The summed E-state index contributed by atoms with van der Waals surface area (Å²) in [6.07, 6.45) is 3.44. The highest BCUT2D eigenvalue weighted by Gasteiger charge is 2.13. The summed E-state index contributed by atoms with van der Waals surface area (Å²) >= 11 is 0. The lowest BCUT2D eigenvalue weighted by Gasteiger charge is -2.16. The highest BCUT2D eigenvalue weighted by atomic mass is 19.1. The van der Waals surface area contributed by atoms with Gasteiger partial charge in [0.15, 0.2) is 23.3 Å². The Morgan fingerprint density at radius 3 is 2.74 bits per heavy atom. The zero-order valence-corrected chi connectivity index (χ0v) is 10.3. The molecule has 0 aliphatic carbocycles. The van der Waals surface area contributed by atoms with Crippen molar-refractivity contribution in [1.29, 1.82) is 0 Å². The van der Waals surface area contributed by atoms with Crippen LogP contribution in [0.1, 0.15) is 6.92 Å². The molecule has 4 N–H and O–H groups in total. The normalized spacial score (nSPS) is 12.2. The molecule has 1 atom stereocenters. The molecule has 0 bridgehead atoms. The highest BCUT2D eigenvalue weighted by Crippen LogP contribution is 2.18. The quantitative estimate of drug-likeness (QED) is 0.563. The van der Waals surface area contributed by atoms with Gasteiger partial charge >= 0.3 is 0 Å². The van der Waals surface area contributed by atoms with Crippen LogP contribution in [-0.4, -0.2) is 20.8 Å². The third-order valence-corrected chi connectivity index (χ3v) is 2.47. The van der Waals surface area contributed by atoms with Crippen molar-refractivity contribution in [1.82, 2.24) is 14.8 Å². The molecule has 0 amide bonds. The van der Waals surface area contributed by atoms with E-state index in [1.54, 1.807) is 23.1 Å². The Bertz CT molecular complexity index is 542. The minimum atomic E-state index is -0.842. The molecule has 1 unspecified atom stereocenters. The molecule has 0 saturated carbocycles. The summed E-state index contributed by atoms with van der Waals surface area (Å²) in [5, 5.41) is 6.88. The summed E-state index contributed by atoms with van der Waals surface area (Å²) in [7, 11) is 0. The van der Waals surface area contributed by atoms with Gasteiger partial charge in [-0.25, -0.2) is 19.6 Å². The Morgan fingerprint density at radius 2 is 2.11 bits per heavy atom. The highest BCUT2D eigenvalue weighted by molar-refractivity contribution is 5.47. The van der Waals surface area contributed by atoms with Crippen molar-refractivity contribution < 1.29 is 8.78 Å². The molecule has 0 aliphatic heterocycles. The van der Waals surface area contributed by atoms with Crippen LogP contribution in [0.5, 0.6) is 0 Å². The van der Waals surface area contributed by atoms with E-state index >= 15 is 0 Å². The van der Waals surface area contributed by atoms with Crippen molar-refractivity contribution in [2.45, 2.75) is 19.5 Å². The van der Waals surface area contributed by atoms with E-state index in [0.29, 0.717) is 6.54 Å². The molecular weight excluding hydrogens is 254 g/mol. The molecule has 0 fully saturated rings. The largest absolute Gasteiger partial charge is 0.363 e. The molecule has 8 heteroatoms. The Balaban J connectivity index is 2.09. The van der Waals surface area contributed by atoms with E-state index in [1.807, 2.05) is 6.92 Å². The van der Waals surface area contributed by atoms with Gasteiger partial charge in [-0.05, 0) is 13.0 Å². The van der Waals surface area contributed by atoms with Crippen LogP contribution in [0, 0.1) is 11.6 Å². The van der Waals surface area contributed by atoms with E-state index in [9.17, 15) is 8.78 Å². The fourth-order valence-corrected chi connectivity index (χ4v) is 1.64.